The van der Waals surface area contributed by atoms with Crippen LogP contribution in [0.5, 0.6) is 11.5 Å². The Balaban J connectivity index is 1.81. The summed E-state index contributed by atoms with van der Waals surface area (Å²) in [5.41, 5.74) is 2.91. The van der Waals surface area contributed by atoms with Crippen molar-refractivity contribution in [3.63, 3.8) is 0 Å². The SMILES string of the molecule is COc1ccc(NC(=S)N(Cc2cccnc2)Cc2cccnc2)c(OC)c1. The smallest absolute Gasteiger partial charge is 0.174 e. The normalized spacial score (nSPS) is 10.2. The number of thiocarbonyl (C=S) groups is 1. The molecular weight excluding hydrogens is 372 g/mol. The highest BCUT2D eigenvalue weighted by atomic mass is 32.1. The van der Waals surface area contributed by atoms with Crippen molar-refractivity contribution < 1.29 is 9.47 Å². The minimum absolute atomic E-state index is 0.580. The molecule has 1 aromatic carbocycles. The quantitative estimate of drug-likeness (QED) is 0.610. The van der Waals surface area contributed by atoms with E-state index in [1.54, 1.807) is 26.6 Å². The molecule has 6 nitrogen and oxygen atoms in total. The van der Waals surface area contributed by atoms with Crippen LogP contribution in [0.1, 0.15) is 11.1 Å². The lowest BCUT2D eigenvalue weighted by Crippen LogP contribution is -2.34. The Hall–Kier alpha value is -3.19. The summed E-state index contributed by atoms with van der Waals surface area (Å²) in [5.74, 6) is 1.38. The van der Waals surface area contributed by atoms with Crippen molar-refractivity contribution in [2.45, 2.75) is 13.1 Å². The lowest BCUT2D eigenvalue weighted by atomic mass is 10.2. The van der Waals surface area contributed by atoms with E-state index in [1.807, 2.05) is 54.9 Å². The van der Waals surface area contributed by atoms with Gasteiger partial charge in [-0.25, -0.2) is 0 Å². The minimum Gasteiger partial charge on any atom is -0.497 e. The number of nitrogens with zero attached hydrogens (tertiary/aromatic N) is 3. The zero-order valence-corrected chi connectivity index (χ0v) is 16.6. The Labute approximate surface area is 170 Å². The van der Waals surface area contributed by atoms with Gasteiger partial charge in [0.15, 0.2) is 5.11 Å². The molecule has 2 aromatic heterocycles. The number of pyridine rings is 2. The van der Waals surface area contributed by atoms with Crippen LogP contribution in [0.4, 0.5) is 5.69 Å². The largest absolute Gasteiger partial charge is 0.497 e. The second-order valence-corrected chi connectivity index (χ2v) is 6.46. The second kappa shape index (κ2) is 9.66. The maximum absolute atomic E-state index is 5.71. The third-order valence-electron chi connectivity index (χ3n) is 4.13. The van der Waals surface area contributed by atoms with Crippen LogP contribution >= 0.6 is 12.2 Å². The van der Waals surface area contributed by atoms with Gasteiger partial charge in [0.25, 0.3) is 0 Å². The fraction of sp³-hybridized carbons (Fsp3) is 0.190. The Morgan fingerprint density at radius 2 is 1.61 bits per heavy atom. The molecule has 0 bridgehead atoms. The zero-order chi connectivity index (χ0) is 19.8. The van der Waals surface area contributed by atoms with Gasteiger partial charge in [0.05, 0.1) is 19.9 Å². The summed E-state index contributed by atoms with van der Waals surface area (Å²) in [6, 6.07) is 13.5. The van der Waals surface area contributed by atoms with Crippen molar-refractivity contribution in [3.05, 3.63) is 78.4 Å². The van der Waals surface area contributed by atoms with Gasteiger partial charge < -0.3 is 19.7 Å². The van der Waals surface area contributed by atoms with Crippen LogP contribution < -0.4 is 14.8 Å². The summed E-state index contributed by atoms with van der Waals surface area (Å²) in [7, 11) is 3.24. The molecule has 0 aliphatic carbocycles. The van der Waals surface area contributed by atoms with Gasteiger partial charge in [0.1, 0.15) is 11.5 Å². The molecule has 0 saturated heterocycles. The molecule has 0 spiro atoms. The number of hydrogen-bond acceptors (Lipinski definition) is 5. The summed E-state index contributed by atoms with van der Waals surface area (Å²) in [6.45, 7) is 1.24. The molecule has 0 aliphatic heterocycles. The summed E-state index contributed by atoms with van der Waals surface area (Å²) < 4.78 is 10.7. The Morgan fingerprint density at radius 1 is 0.964 bits per heavy atom. The molecule has 3 aromatic rings. The maximum Gasteiger partial charge on any atom is 0.174 e. The molecule has 0 amide bonds. The maximum atomic E-state index is 5.71. The van der Waals surface area contributed by atoms with E-state index in [-0.39, 0.29) is 0 Å². The van der Waals surface area contributed by atoms with E-state index in [0.717, 1.165) is 22.6 Å². The van der Waals surface area contributed by atoms with Crippen LogP contribution in [0, 0.1) is 0 Å². The van der Waals surface area contributed by atoms with Crippen LogP contribution in [0.15, 0.2) is 67.3 Å². The first-order valence-electron chi connectivity index (χ1n) is 8.75. The number of benzene rings is 1. The average molecular weight is 395 g/mol. The Kier molecular flexibility index (Phi) is 6.75. The van der Waals surface area contributed by atoms with E-state index >= 15 is 0 Å². The standard InChI is InChI=1S/C21H22N4O2S/c1-26-18-7-8-19(20(11-18)27-2)24-21(28)25(14-16-5-3-9-22-12-16)15-17-6-4-10-23-13-17/h3-13H,14-15H2,1-2H3,(H,24,28). The van der Waals surface area contributed by atoms with Crippen LogP contribution in [-0.4, -0.2) is 34.2 Å². The summed E-state index contributed by atoms with van der Waals surface area (Å²) in [5, 5.41) is 3.87. The monoisotopic (exact) mass is 394 g/mol. The lowest BCUT2D eigenvalue weighted by Gasteiger charge is -2.26. The molecule has 144 valence electrons. The van der Waals surface area contributed by atoms with Crippen LogP contribution in [-0.2, 0) is 13.1 Å². The molecule has 0 atom stereocenters. The van der Waals surface area contributed by atoms with Gasteiger partial charge in [-0.3, -0.25) is 9.97 Å². The summed E-state index contributed by atoms with van der Waals surface area (Å²) >= 11 is 5.71. The Bertz CT molecular complexity index is 865. The fourth-order valence-corrected chi connectivity index (χ4v) is 2.96. The van der Waals surface area contributed by atoms with Gasteiger partial charge in [0, 0.05) is 43.9 Å². The van der Waals surface area contributed by atoms with E-state index in [0.29, 0.717) is 24.0 Å². The van der Waals surface area contributed by atoms with Crippen molar-refractivity contribution in [2.75, 3.05) is 19.5 Å². The number of hydrogen-bond donors (Lipinski definition) is 1. The molecule has 0 saturated carbocycles. The summed E-state index contributed by atoms with van der Waals surface area (Å²) in [6.07, 6.45) is 7.20. The predicted molar refractivity (Wildman–Crippen MR) is 113 cm³/mol. The van der Waals surface area contributed by atoms with Gasteiger partial charge in [-0.05, 0) is 47.6 Å². The molecule has 0 fully saturated rings. The number of ether oxygens (including phenoxy) is 2. The number of nitrogens with one attached hydrogen (secondary N) is 1. The molecule has 28 heavy (non-hydrogen) atoms. The molecule has 2 heterocycles. The minimum atomic E-state index is 0.580. The van der Waals surface area contributed by atoms with E-state index < -0.39 is 0 Å². The third-order valence-corrected chi connectivity index (χ3v) is 4.49. The van der Waals surface area contributed by atoms with Crippen molar-refractivity contribution >= 4 is 23.0 Å². The number of aromatic nitrogens is 2. The first kappa shape index (κ1) is 19.6. The number of rotatable bonds is 7. The fourth-order valence-electron chi connectivity index (χ4n) is 2.72. The van der Waals surface area contributed by atoms with Crippen LogP contribution in [0.25, 0.3) is 0 Å². The van der Waals surface area contributed by atoms with E-state index in [2.05, 4.69) is 20.2 Å². The van der Waals surface area contributed by atoms with Crippen molar-refractivity contribution in [2.24, 2.45) is 0 Å². The lowest BCUT2D eigenvalue weighted by molar-refractivity contribution is 0.394. The second-order valence-electron chi connectivity index (χ2n) is 6.07. The third kappa shape index (κ3) is 5.17. The van der Waals surface area contributed by atoms with Crippen LogP contribution in [0.2, 0.25) is 0 Å². The molecule has 7 heteroatoms. The topological polar surface area (TPSA) is 59.5 Å². The van der Waals surface area contributed by atoms with E-state index in [1.165, 1.54) is 0 Å². The predicted octanol–water partition coefficient (Wildman–Crippen LogP) is 3.89. The average Bonchev–Trinajstić information content (AvgIpc) is 2.75. The van der Waals surface area contributed by atoms with Gasteiger partial charge in [-0.1, -0.05) is 12.1 Å². The summed E-state index contributed by atoms with van der Waals surface area (Å²) in [4.78, 5) is 10.5. The molecule has 0 radical (unpaired) electrons. The van der Waals surface area contributed by atoms with Crippen molar-refractivity contribution in [3.8, 4) is 11.5 Å². The van der Waals surface area contributed by atoms with Gasteiger partial charge >= 0.3 is 0 Å². The zero-order valence-electron chi connectivity index (χ0n) is 15.8. The molecular formula is C21H22N4O2S. The number of methoxy groups -OCH3 is 2. The number of anilines is 1. The first-order valence-corrected chi connectivity index (χ1v) is 9.16. The molecule has 1 N–H and O–H groups in total. The Morgan fingerprint density at radius 3 is 2.11 bits per heavy atom. The molecule has 0 aliphatic rings. The molecule has 0 unspecified atom stereocenters. The highest BCUT2D eigenvalue weighted by molar-refractivity contribution is 7.80. The molecule has 3 rings (SSSR count). The first-order chi connectivity index (χ1) is 13.7. The van der Waals surface area contributed by atoms with Crippen LogP contribution in [0.3, 0.4) is 0 Å². The highest BCUT2D eigenvalue weighted by Crippen LogP contribution is 2.29. The van der Waals surface area contributed by atoms with Crippen molar-refractivity contribution in [1.82, 2.24) is 14.9 Å². The highest BCUT2D eigenvalue weighted by Gasteiger charge is 2.14. The van der Waals surface area contributed by atoms with Gasteiger partial charge in [-0.2, -0.15) is 0 Å². The van der Waals surface area contributed by atoms with Gasteiger partial charge in [-0.15, -0.1) is 0 Å². The van der Waals surface area contributed by atoms with E-state index in [4.69, 9.17) is 21.7 Å². The van der Waals surface area contributed by atoms with Gasteiger partial charge in [0.2, 0.25) is 0 Å². The van der Waals surface area contributed by atoms with E-state index in [9.17, 15) is 0 Å². The van der Waals surface area contributed by atoms with Crippen molar-refractivity contribution in [1.29, 1.82) is 0 Å².